The molecule has 2 aromatic rings. The van der Waals surface area contributed by atoms with Crippen LogP contribution in [-0.2, 0) is 6.54 Å². The fourth-order valence-corrected chi connectivity index (χ4v) is 3.23. The molecule has 2 heterocycles. The van der Waals surface area contributed by atoms with Crippen molar-refractivity contribution in [1.29, 1.82) is 5.26 Å². The zero-order chi connectivity index (χ0) is 18.1. The van der Waals surface area contributed by atoms with Gasteiger partial charge in [0.1, 0.15) is 23.1 Å². The number of nitrogens with zero attached hydrogens (tertiary/aromatic N) is 2. The van der Waals surface area contributed by atoms with E-state index in [0.29, 0.717) is 23.6 Å². The van der Waals surface area contributed by atoms with Gasteiger partial charge in [0.2, 0.25) is 5.88 Å². The highest BCUT2D eigenvalue weighted by Gasteiger charge is 2.34. The first kappa shape index (κ1) is 16.7. The second-order valence-corrected chi connectivity index (χ2v) is 5.81. The molecule has 128 valence electrons. The van der Waals surface area contributed by atoms with Crippen LogP contribution in [0.3, 0.4) is 0 Å². The van der Waals surface area contributed by atoms with Gasteiger partial charge in [-0.15, -0.1) is 0 Å². The third kappa shape index (κ3) is 2.64. The lowest BCUT2D eigenvalue weighted by Gasteiger charge is -2.27. The van der Waals surface area contributed by atoms with Crippen molar-refractivity contribution in [3.05, 3.63) is 69.0 Å². The number of aromatic nitrogens is 1. The van der Waals surface area contributed by atoms with E-state index in [-0.39, 0.29) is 17.0 Å². The molecule has 3 rings (SSSR count). The maximum absolute atomic E-state index is 13.1. The number of hydrogen-bond acceptors (Lipinski definition) is 5. The highest BCUT2D eigenvalue weighted by Crippen LogP contribution is 2.41. The number of allylic oxidation sites excluding steroid dienone is 1. The summed E-state index contributed by atoms with van der Waals surface area (Å²) in [5, 5.41) is 9.61. The SMILES string of the molecule is CCn1c(C)cc2c(c1=O)[C@H](c1cccc(OC)c1)C(C#N)=C(N)O2. The van der Waals surface area contributed by atoms with Gasteiger partial charge in [-0.2, -0.15) is 5.26 Å². The molecule has 0 aliphatic carbocycles. The van der Waals surface area contributed by atoms with E-state index < -0.39 is 5.92 Å². The summed E-state index contributed by atoms with van der Waals surface area (Å²) in [6.07, 6.45) is 0. The van der Waals surface area contributed by atoms with Crippen LogP contribution in [0.4, 0.5) is 0 Å². The summed E-state index contributed by atoms with van der Waals surface area (Å²) < 4.78 is 12.5. The van der Waals surface area contributed by atoms with Crippen LogP contribution in [-0.4, -0.2) is 11.7 Å². The molecule has 1 aliphatic heterocycles. The monoisotopic (exact) mass is 337 g/mol. The molecule has 0 bridgehead atoms. The molecule has 0 radical (unpaired) electrons. The third-order valence-corrected chi connectivity index (χ3v) is 4.43. The van der Waals surface area contributed by atoms with Crippen molar-refractivity contribution in [3.63, 3.8) is 0 Å². The number of rotatable bonds is 3. The van der Waals surface area contributed by atoms with Crippen molar-refractivity contribution in [3.8, 4) is 17.6 Å². The van der Waals surface area contributed by atoms with Crippen molar-refractivity contribution in [1.82, 2.24) is 4.57 Å². The quantitative estimate of drug-likeness (QED) is 0.929. The van der Waals surface area contributed by atoms with Gasteiger partial charge in [-0.25, -0.2) is 0 Å². The fraction of sp³-hybridized carbons (Fsp3) is 0.263. The lowest BCUT2D eigenvalue weighted by molar-refractivity contribution is 0.388. The Morgan fingerprint density at radius 3 is 2.80 bits per heavy atom. The molecule has 0 amide bonds. The smallest absolute Gasteiger partial charge is 0.258 e. The Labute approximate surface area is 145 Å². The largest absolute Gasteiger partial charge is 0.497 e. The molecule has 1 atom stereocenters. The van der Waals surface area contributed by atoms with Gasteiger partial charge in [0.25, 0.3) is 5.56 Å². The van der Waals surface area contributed by atoms with E-state index in [4.69, 9.17) is 15.2 Å². The normalized spacial score (nSPS) is 16.0. The highest BCUT2D eigenvalue weighted by molar-refractivity contribution is 5.56. The average Bonchev–Trinajstić information content (AvgIpc) is 2.61. The Balaban J connectivity index is 2.33. The number of benzene rings is 1. The predicted molar refractivity (Wildman–Crippen MR) is 93.4 cm³/mol. The Hall–Kier alpha value is -3.20. The molecule has 0 spiro atoms. The van der Waals surface area contributed by atoms with Crippen LogP contribution in [0.5, 0.6) is 11.5 Å². The number of aryl methyl sites for hydroxylation is 1. The van der Waals surface area contributed by atoms with Crippen molar-refractivity contribution >= 4 is 0 Å². The van der Waals surface area contributed by atoms with Gasteiger partial charge in [-0.3, -0.25) is 4.79 Å². The lowest BCUT2D eigenvalue weighted by Crippen LogP contribution is -2.32. The minimum atomic E-state index is -0.588. The van der Waals surface area contributed by atoms with E-state index in [0.717, 1.165) is 11.3 Å². The summed E-state index contributed by atoms with van der Waals surface area (Å²) >= 11 is 0. The van der Waals surface area contributed by atoms with Gasteiger partial charge < -0.3 is 19.8 Å². The topological polar surface area (TPSA) is 90.3 Å². The number of hydrogen-bond donors (Lipinski definition) is 1. The van der Waals surface area contributed by atoms with Crippen molar-refractivity contribution in [2.24, 2.45) is 5.73 Å². The molecule has 6 nitrogen and oxygen atoms in total. The van der Waals surface area contributed by atoms with E-state index in [9.17, 15) is 10.1 Å². The minimum absolute atomic E-state index is 0.0240. The molecule has 1 aromatic carbocycles. The second-order valence-electron chi connectivity index (χ2n) is 5.81. The number of ether oxygens (including phenoxy) is 2. The number of nitriles is 1. The van der Waals surface area contributed by atoms with Crippen molar-refractivity contribution < 1.29 is 9.47 Å². The van der Waals surface area contributed by atoms with Gasteiger partial charge in [0.05, 0.1) is 18.6 Å². The van der Waals surface area contributed by atoms with Crippen LogP contribution in [0, 0.1) is 18.3 Å². The average molecular weight is 337 g/mol. The zero-order valence-electron chi connectivity index (χ0n) is 14.4. The number of fused-ring (bicyclic) bond motifs is 1. The Kier molecular flexibility index (Phi) is 4.24. The molecular weight excluding hydrogens is 318 g/mol. The first-order valence-corrected chi connectivity index (χ1v) is 7.97. The molecule has 1 aliphatic rings. The number of methoxy groups -OCH3 is 1. The van der Waals surface area contributed by atoms with E-state index in [1.54, 1.807) is 23.8 Å². The van der Waals surface area contributed by atoms with E-state index >= 15 is 0 Å². The Bertz CT molecular complexity index is 967. The Morgan fingerprint density at radius 2 is 2.16 bits per heavy atom. The molecule has 25 heavy (non-hydrogen) atoms. The molecule has 2 N–H and O–H groups in total. The van der Waals surface area contributed by atoms with Crippen molar-refractivity contribution in [2.45, 2.75) is 26.3 Å². The maximum Gasteiger partial charge on any atom is 0.258 e. The summed E-state index contributed by atoms with van der Waals surface area (Å²) in [5.74, 6) is 0.478. The van der Waals surface area contributed by atoms with E-state index in [1.165, 1.54) is 0 Å². The van der Waals surface area contributed by atoms with Crippen LogP contribution >= 0.6 is 0 Å². The van der Waals surface area contributed by atoms with Crippen molar-refractivity contribution in [2.75, 3.05) is 7.11 Å². The summed E-state index contributed by atoms with van der Waals surface area (Å²) in [6.45, 7) is 4.28. The van der Waals surface area contributed by atoms with Gasteiger partial charge in [-0.1, -0.05) is 12.1 Å². The molecule has 0 saturated carbocycles. The summed E-state index contributed by atoms with van der Waals surface area (Å²) in [5.41, 5.74) is 7.98. The zero-order valence-corrected chi connectivity index (χ0v) is 14.4. The standard InChI is InChI=1S/C19H19N3O3/c1-4-22-11(2)8-15-17(19(22)23)16(14(10-20)18(21)25-15)12-6-5-7-13(9-12)24-3/h5-9,16H,4,21H2,1-3H3/t16-/m1/s1. The minimum Gasteiger partial charge on any atom is -0.497 e. The van der Waals surface area contributed by atoms with Crippen LogP contribution in [0.1, 0.15) is 29.7 Å². The second kappa shape index (κ2) is 6.36. The van der Waals surface area contributed by atoms with Gasteiger partial charge in [0, 0.05) is 18.3 Å². The molecular formula is C19H19N3O3. The number of nitrogens with two attached hydrogens (primary N) is 1. The molecule has 0 unspecified atom stereocenters. The van der Waals surface area contributed by atoms with Gasteiger partial charge in [-0.05, 0) is 31.5 Å². The summed E-state index contributed by atoms with van der Waals surface area (Å²) in [4.78, 5) is 13.1. The molecule has 1 aromatic heterocycles. The number of pyridine rings is 1. The van der Waals surface area contributed by atoms with Crippen LogP contribution in [0.25, 0.3) is 0 Å². The van der Waals surface area contributed by atoms with Crippen LogP contribution < -0.4 is 20.8 Å². The molecule has 0 fully saturated rings. The first-order chi connectivity index (χ1) is 12.0. The summed E-state index contributed by atoms with van der Waals surface area (Å²) in [6, 6.07) is 11.2. The summed E-state index contributed by atoms with van der Waals surface area (Å²) in [7, 11) is 1.57. The fourth-order valence-electron chi connectivity index (χ4n) is 3.23. The Morgan fingerprint density at radius 1 is 1.40 bits per heavy atom. The molecule has 0 saturated heterocycles. The lowest BCUT2D eigenvalue weighted by atomic mass is 9.84. The first-order valence-electron chi connectivity index (χ1n) is 7.97. The van der Waals surface area contributed by atoms with E-state index in [2.05, 4.69) is 6.07 Å². The highest BCUT2D eigenvalue weighted by atomic mass is 16.5. The van der Waals surface area contributed by atoms with Gasteiger partial charge in [0.15, 0.2) is 0 Å². The van der Waals surface area contributed by atoms with Crippen LogP contribution in [0.2, 0.25) is 0 Å². The van der Waals surface area contributed by atoms with E-state index in [1.807, 2.05) is 32.0 Å². The maximum atomic E-state index is 13.1. The predicted octanol–water partition coefficient (Wildman–Crippen LogP) is 2.40. The molecule has 6 heteroatoms. The van der Waals surface area contributed by atoms with Crippen LogP contribution in [0.15, 0.2) is 46.6 Å². The third-order valence-electron chi connectivity index (χ3n) is 4.43. The van der Waals surface area contributed by atoms with Gasteiger partial charge >= 0.3 is 0 Å².